The summed E-state index contributed by atoms with van der Waals surface area (Å²) in [6.07, 6.45) is -7.04. The average molecular weight is 462 g/mol. The number of alkyl halides is 3. The number of aliphatic hydroxyl groups is 1. The molecule has 0 aliphatic carbocycles. The zero-order chi connectivity index (χ0) is 24.2. The highest BCUT2D eigenvalue weighted by Crippen LogP contribution is 2.34. The van der Waals surface area contributed by atoms with Gasteiger partial charge in [-0.25, -0.2) is 0 Å². The van der Waals surface area contributed by atoms with Crippen molar-refractivity contribution in [1.82, 2.24) is 10.6 Å². The minimum absolute atomic E-state index is 0.0273. The molecule has 2 amide bonds. The first-order chi connectivity index (χ1) is 14.7. The van der Waals surface area contributed by atoms with E-state index in [1.165, 1.54) is 12.1 Å². The van der Waals surface area contributed by atoms with Gasteiger partial charge in [0.2, 0.25) is 11.8 Å². The molecule has 1 aliphatic rings. The number of carbonyl (C=O) groups excluding carboxylic acids is 2. The zero-order valence-corrected chi connectivity index (χ0v) is 18.4. The highest BCUT2D eigenvalue weighted by atomic mass is 19.4. The number of amides is 2. The lowest BCUT2D eigenvalue weighted by Gasteiger charge is -2.44. The molecule has 1 aliphatic heterocycles. The van der Waals surface area contributed by atoms with Crippen LogP contribution in [0.15, 0.2) is 24.3 Å². The first-order valence-corrected chi connectivity index (χ1v) is 10.1. The predicted molar refractivity (Wildman–Crippen MR) is 107 cm³/mol. The van der Waals surface area contributed by atoms with Crippen molar-refractivity contribution in [3.05, 3.63) is 29.8 Å². The predicted octanol–water partition coefficient (Wildman–Crippen LogP) is 2.25. The van der Waals surface area contributed by atoms with Crippen molar-refractivity contribution in [1.29, 1.82) is 0 Å². The molecule has 32 heavy (non-hydrogen) atoms. The number of nitrogens with one attached hydrogen (secondary N) is 2. The van der Waals surface area contributed by atoms with Gasteiger partial charge in [0.15, 0.2) is 5.79 Å². The minimum atomic E-state index is -4.82. The van der Waals surface area contributed by atoms with Crippen molar-refractivity contribution < 1.29 is 42.1 Å². The van der Waals surface area contributed by atoms with Gasteiger partial charge in [-0.3, -0.25) is 9.59 Å². The quantitative estimate of drug-likeness (QED) is 0.547. The Morgan fingerprint density at radius 2 is 1.94 bits per heavy atom. The summed E-state index contributed by atoms with van der Waals surface area (Å²) in [7, 11) is 0. The van der Waals surface area contributed by atoms with E-state index in [-0.39, 0.29) is 25.4 Å². The molecule has 0 saturated carbocycles. The molecule has 0 radical (unpaired) electrons. The second-order valence-corrected chi connectivity index (χ2v) is 8.68. The zero-order valence-electron chi connectivity index (χ0n) is 18.4. The Morgan fingerprint density at radius 3 is 2.59 bits per heavy atom. The van der Waals surface area contributed by atoms with Crippen LogP contribution in [0, 0.1) is 5.41 Å². The normalized spacial score (nSPS) is 20.8. The molecule has 0 aromatic heterocycles. The number of benzene rings is 1. The van der Waals surface area contributed by atoms with E-state index < -0.39 is 41.4 Å². The molecule has 0 bridgehead atoms. The fourth-order valence-corrected chi connectivity index (χ4v) is 3.04. The van der Waals surface area contributed by atoms with Gasteiger partial charge in [0.05, 0.1) is 6.61 Å². The third kappa shape index (κ3) is 7.95. The molecular formula is C21H29F3N2O6. The van der Waals surface area contributed by atoms with E-state index in [0.717, 1.165) is 12.1 Å². The van der Waals surface area contributed by atoms with Crippen LogP contribution in [0.4, 0.5) is 13.2 Å². The molecule has 1 saturated heterocycles. The van der Waals surface area contributed by atoms with Gasteiger partial charge in [0, 0.05) is 18.5 Å². The summed E-state index contributed by atoms with van der Waals surface area (Å²) in [6.45, 7) is 7.35. The topological polar surface area (TPSA) is 106 Å². The Morgan fingerprint density at radius 1 is 1.25 bits per heavy atom. The van der Waals surface area contributed by atoms with Gasteiger partial charge < -0.3 is 30.0 Å². The van der Waals surface area contributed by atoms with E-state index in [1.807, 2.05) is 13.8 Å². The molecule has 1 aromatic carbocycles. The molecule has 0 spiro atoms. The summed E-state index contributed by atoms with van der Waals surface area (Å²) in [5.41, 5.74) is -0.193. The third-order valence-electron chi connectivity index (χ3n) is 4.76. The van der Waals surface area contributed by atoms with Gasteiger partial charge in [0.1, 0.15) is 18.0 Å². The number of halogens is 3. The standard InChI is InChI=1S/C21H29F3N2O6/c1-19(2)12-30-20(3,4)32-16(19)18(29)25-9-8-15(27)17(28)26-11-13-6-5-7-14(10-13)31-21(22,23)24/h5-7,10,15-16,27H,8-9,11-12H2,1-4H3,(H,25,29)(H,26,28)/t15?,16-/m0/s1. The molecule has 3 N–H and O–H groups in total. The fraction of sp³-hybridized carbons (Fsp3) is 0.619. The van der Waals surface area contributed by atoms with Crippen molar-refractivity contribution in [2.75, 3.05) is 13.2 Å². The first kappa shape index (κ1) is 25.9. The molecule has 1 unspecified atom stereocenters. The van der Waals surface area contributed by atoms with Crippen LogP contribution in [0.25, 0.3) is 0 Å². The lowest BCUT2D eigenvalue weighted by Crippen LogP contribution is -2.56. The van der Waals surface area contributed by atoms with Crippen molar-refractivity contribution in [2.45, 2.75) is 65.0 Å². The number of hydrogen-bond donors (Lipinski definition) is 3. The van der Waals surface area contributed by atoms with E-state index in [1.54, 1.807) is 13.8 Å². The van der Waals surface area contributed by atoms with Crippen LogP contribution in [0.1, 0.15) is 39.7 Å². The molecule has 2 rings (SSSR count). The van der Waals surface area contributed by atoms with Crippen LogP contribution in [-0.2, 0) is 25.6 Å². The largest absolute Gasteiger partial charge is 0.573 e. The van der Waals surface area contributed by atoms with Gasteiger partial charge in [-0.1, -0.05) is 26.0 Å². The van der Waals surface area contributed by atoms with Crippen molar-refractivity contribution in [2.24, 2.45) is 5.41 Å². The summed E-state index contributed by atoms with van der Waals surface area (Å²) in [4.78, 5) is 24.6. The Balaban J connectivity index is 1.78. The van der Waals surface area contributed by atoms with E-state index in [4.69, 9.17) is 9.47 Å². The summed E-state index contributed by atoms with van der Waals surface area (Å²) in [5, 5.41) is 15.1. The van der Waals surface area contributed by atoms with E-state index in [9.17, 15) is 27.9 Å². The van der Waals surface area contributed by atoms with Crippen molar-refractivity contribution in [3.8, 4) is 5.75 Å². The summed E-state index contributed by atoms with van der Waals surface area (Å²) in [5.74, 6) is -2.40. The Hall–Kier alpha value is -2.37. The summed E-state index contributed by atoms with van der Waals surface area (Å²) in [6, 6.07) is 5.14. The molecule has 11 heteroatoms. The number of ether oxygens (including phenoxy) is 3. The molecule has 2 atom stereocenters. The number of hydrogen-bond acceptors (Lipinski definition) is 6. The monoisotopic (exact) mass is 462 g/mol. The Bertz CT molecular complexity index is 813. The molecule has 1 fully saturated rings. The van der Waals surface area contributed by atoms with Crippen LogP contribution in [-0.4, -0.2) is 54.4 Å². The van der Waals surface area contributed by atoms with Crippen LogP contribution in [0.2, 0.25) is 0 Å². The molecule has 1 aromatic rings. The van der Waals surface area contributed by atoms with Crippen LogP contribution >= 0.6 is 0 Å². The van der Waals surface area contributed by atoms with E-state index >= 15 is 0 Å². The van der Waals surface area contributed by atoms with E-state index in [0.29, 0.717) is 12.2 Å². The lowest BCUT2D eigenvalue weighted by molar-refractivity contribution is -0.304. The maximum atomic E-state index is 12.5. The highest BCUT2D eigenvalue weighted by Gasteiger charge is 2.45. The van der Waals surface area contributed by atoms with Crippen LogP contribution in [0.5, 0.6) is 5.75 Å². The van der Waals surface area contributed by atoms with Crippen molar-refractivity contribution in [3.63, 3.8) is 0 Å². The second kappa shape index (κ2) is 10.1. The maximum absolute atomic E-state index is 12.5. The van der Waals surface area contributed by atoms with Gasteiger partial charge in [0.25, 0.3) is 0 Å². The highest BCUT2D eigenvalue weighted by molar-refractivity contribution is 5.82. The van der Waals surface area contributed by atoms with Crippen molar-refractivity contribution >= 4 is 11.8 Å². The molecular weight excluding hydrogens is 433 g/mol. The first-order valence-electron chi connectivity index (χ1n) is 10.1. The Kier molecular flexibility index (Phi) is 8.13. The van der Waals surface area contributed by atoms with Gasteiger partial charge in [-0.15, -0.1) is 13.2 Å². The number of carbonyl (C=O) groups is 2. The van der Waals surface area contributed by atoms with Crippen LogP contribution < -0.4 is 15.4 Å². The third-order valence-corrected chi connectivity index (χ3v) is 4.76. The van der Waals surface area contributed by atoms with E-state index in [2.05, 4.69) is 15.4 Å². The summed E-state index contributed by atoms with van der Waals surface area (Å²) < 4.78 is 52.0. The lowest BCUT2D eigenvalue weighted by atomic mass is 9.85. The SMILES string of the molecule is CC1(C)OCC(C)(C)[C@H](C(=O)NCCC(O)C(=O)NCc2cccc(OC(F)(F)F)c2)O1. The Labute approximate surface area is 184 Å². The average Bonchev–Trinajstić information content (AvgIpc) is 2.67. The number of aliphatic hydroxyl groups excluding tert-OH is 1. The number of rotatable bonds is 8. The minimum Gasteiger partial charge on any atom is -0.406 e. The van der Waals surface area contributed by atoms with Gasteiger partial charge in [-0.05, 0) is 38.0 Å². The van der Waals surface area contributed by atoms with Gasteiger partial charge >= 0.3 is 6.36 Å². The molecule has 180 valence electrons. The fourth-order valence-electron chi connectivity index (χ4n) is 3.04. The smallest absolute Gasteiger partial charge is 0.406 e. The maximum Gasteiger partial charge on any atom is 0.573 e. The second-order valence-electron chi connectivity index (χ2n) is 8.68. The molecule has 8 nitrogen and oxygen atoms in total. The van der Waals surface area contributed by atoms with Crippen LogP contribution in [0.3, 0.4) is 0 Å². The van der Waals surface area contributed by atoms with Gasteiger partial charge in [-0.2, -0.15) is 0 Å². The molecule has 1 heterocycles. The summed E-state index contributed by atoms with van der Waals surface area (Å²) >= 11 is 0.